The van der Waals surface area contributed by atoms with Gasteiger partial charge in [-0.15, -0.1) is 5.10 Å². The van der Waals surface area contributed by atoms with Crippen molar-refractivity contribution >= 4 is 5.91 Å². The number of ether oxygens (including phenoxy) is 1. The summed E-state index contributed by atoms with van der Waals surface area (Å²) >= 11 is 0. The number of amides is 1. The number of pyridine rings is 1. The van der Waals surface area contributed by atoms with Gasteiger partial charge in [-0.25, -0.2) is 4.68 Å². The Hall–Kier alpha value is -2.39. The molecule has 140 valence electrons. The van der Waals surface area contributed by atoms with Gasteiger partial charge in [-0.05, 0) is 49.5 Å². The van der Waals surface area contributed by atoms with Gasteiger partial charge in [0, 0.05) is 26.4 Å². The Kier molecular flexibility index (Phi) is 5.58. The van der Waals surface area contributed by atoms with Gasteiger partial charge in [0.2, 0.25) is 0 Å². The normalized spacial score (nSPS) is 20.5. The molecule has 26 heavy (non-hydrogen) atoms. The molecule has 0 aliphatic carbocycles. The van der Waals surface area contributed by atoms with E-state index >= 15 is 0 Å². The molecule has 1 saturated heterocycles. The molecule has 1 unspecified atom stereocenters. The summed E-state index contributed by atoms with van der Waals surface area (Å²) in [6.07, 6.45) is 3.38. The van der Waals surface area contributed by atoms with Crippen molar-refractivity contribution in [1.82, 2.24) is 35.0 Å². The molecular weight excluding hydrogens is 334 g/mol. The minimum atomic E-state index is -0.445. The fourth-order valence-corrected chi connectivity index (χ4v) is 3.47. The highest BCUT2D eigenvalue weighted by atomic mass is 16.5. The van der Waals surface area contributed by atoms with E-state index in [1.165, 1.54) is 0 Å². The van der Waals surface area contributed by atoms with Crippen LogP contribution in [-0.4, -0.2) is 81.8 Å². The summed E-state index contributed by atoms with van der Waals surface area (Å²) in [6, 6.07) is 5.38. The van der Waals surface area contributed by atoms with Crippen molar-refractivity contribution in [2.75, 3.05) is 40.9 Å². The highest BCUT2D eigenvalue weighted by Gasteiger charge is 2.45. The fourth-order valence-electron chi connectivity index (χ4n) is 3.47. The second kappa shape index (κ2) is 7.88. The van der Waals surface area contributed by atoms with Crippen LogP contribution in [0.25, 0.3) is 0 Å². The van der Waals surface area contributed by atoms with E-state index in [1.54, 1.807) is 30.1 Å². The first-order valence-electron chi connectivity index (χ1n) is 8.72. The van der Waals surface area contributed by atoms with Crippen LogP contribution in [0.2, 0.25) is 0 Å². The Morgan fingerprint density at radius 3 is 2.92 bits per heavy atom. The fraction of sp³-hybridized carbons (Fsp3) is 0.588. The number of likely N-dealkylation sites (tertiary alicyclic amines) is 1. The molecule has 3 rings (SSSR count). The van der Waals surface area contributed by atoms with E-state index < -0.39 is 5.54 Å². The van der Waals surface area contributed by atoms with E-state index in [0.29, 0.717) is 31.9 Å². The maximum Gasteiger partial charge on any atom is 0.272 e. The van der Waals surface area contributed by atoms with E-state index in [4.69, 9.17) is 4.74 Å². The maximum absolute atomic E-state index is 12.9. The summed E-state index contributed by atoms with van der Waals surface area (Å²) in [5.74, 6) is 0.700. The zero-order valence-corrected chi connectivity index (χ0v) is 15.5. The SMILES string of the molecule is COCCn1nnnc1C1(N(C)C)CCCN(C(=O)c2ccccn2)C1. The second-order valence-corrected chi connectivity index (χ2v) is 6.69. The Morgan fingerprint density at radius 2 is 2.23 bits per heavy atom. The molecule has 9 heteroatoms. The van der Waals surface area contributed by atoms with Gasteiger partial charge in [0.1, 0.15) is 11.2 Å². The highest BCUT2D eigenvalue weighted by Crippen LogP contribution is 2.35. The van der Waals surface area contributed by atoms with Crippen LogP contribution in [-0.2, 0) is 16.8 Å². The van der Waals surface area contributed by atoms with Gasteiger partial charge in [-0.1, -0.05) is 6.07 Å². The molecule has 9 nitrogen and oxygen atoms in total. The number of carbonyl (C=O) groups is 1. The lowest BCUT2D eigenvalue weighted by Gasteiger charge is -2.45. The van der Waals surface area contributed by atoms with Gasteiger partial charge < -0.3 is 9.64 Å². The minimum absolute atomic E-state index is 0.0626. The average molecular weight is 359 g/mol. The summed E-state index contributed by atoms with van der Waals surface area (Å²) in [5, 5.41) is 12.3. The quantitative estimate of drug-likeness (QED) is 0.738. The number of likely N-dealkylation sites (N-methyl/N-ethyl adjacent to an activating group) is 1. The zero-order chi connectivity index (χ0) is 18.6. The number of rotatable bonds is 6. The van der Waals surface area contributed by atoms with Crippen molar-refractivity contribution in [2.45, 2.75) is 24.9 Å². The van der Waals surface area contributed by atoms with Gasteiger partial charge in [-0.3, -0.25) is 14.7 Å². The maximum atomic E-state index is 12.9. The lowest BCUT2D eigenvalue weighted by Crippen LogP contribution is -2.56. The van der Waals surface area contributed by atoms with E-state index in [0.717, 1.165) is 18.7 Å². The van der Waals surface area contributed by atoms with Gasteiger partial charge in [0.15, 0.2) is 5.82 Å². The van der Waals surface area contributed by atoms with Crippen molar-refractivity contribution in [2.24, 2.45) is 0 Å². The van der Waals surface area contributed by atoms with E-state index in [-0.39, 0.29) is 5.91 Å². The Morgan fingerprint density at radius 1 is 1.38 bits per heavy atom. The first-order chi connectivity index (χ1) is 12.6. The third-order valence-corrected chi connectivity index (χ3v) is 4.95. The van der Waals surface area contributed by atoms with Gasteiger partial charge >= 0.3 is 0 Å². The Balaban J connectivity index is 1.90. The Labute approximate surface area is 152 Å². The number of methoxy groups -OCH3 is 1. The lowest BCUT2D eigenvalue weighted by molar-refractivity contribution is 0.0247. The number of aromatic nitrogens is 5. The molecule has 1 amide bonds. The predicted molar refractivity (Wildman–Crippen MR) is 94.4 cm³/mol. The van der Waals surface area contributed by atoms with Crippen molar-refractivity contribution in [3.05, 3.63) is 35.9 Å². The van der Waals surface area contributed by atoms with Crippen molar-refractivity contribution in [1.29, 1.82) is 0 Å². The van der Waals surface area contributed by atoms with E-state index in [9.17, 15) is 4.79 Å². The molecule has 0 saturated carbocycles. The molecule has 3 heterocycles. The van der Waals surface area contributed by atoms with Crippen LogP contribution >= 0.6 is 0 Å². The summed E-state index contributed by atoms with van der Waals surface area (Å²) in [6.45, 7) is 2.31. The summed E-state index contributed by atoms with van der Waals surface area (Å²) < 4.78 is 6.94. The summed E-state index contributed by atoms with van der Waals surface area (Å²) in [7, 11) is 5.66. The number of nitrogens with zero attached hydrogens (tertiary/aromatic N) is 7. The van der Waals surface area contributed by atoms with E-state index in [2.05, 4.69) is 25.4 Å². The number of tetrazole rings is 1. The standard InChI is InChI=1S/C17H25N7O2/c1-22(2)17(16-19-20-21-24(16)11-12-26-3)8-6-10-23(13-17)15(25)14-7-4-5-9-18-14/h4-5,7,9H,6,8,10-13H2,1-3H3. The number of hydrogen-bond acceptors (Lipinski definition) is 7. The van der Waals surface area contributed by atoms with Crippen LogP contribution in [0.15, 0.2) is 24.4 Å². The number of hydrogen-bond donors (Lipinski definition) is 0. The lowest BCUT2D eigenvalue weighted by atomic mass is 9.86. The third-order valence-electron chi connectivity index (χ3n) is 4.95. The molecule has 2 aromatic heterocycles. The first-order valence-corrected chi connectivity index (χ1v) is 8.72. The molecule has 2 aromatic rings. The molecule has 0 radical (unpaired) electrons. The van der Waals surface area contributed by atoms with Gasteiger partial charge in [0.25, 0.3) is 5.91 Å². The smallest absolute Gasteiger partial charge is 0.272 e. The van der Waals surface area contributed by atoms with E-state index in [1.807, 2.05) is 25.1 Å². The average Bonchev–Trinajstić information content (AvgIpc) is 3.15. The molecule has 0 aromatic carbocycles. The monoisotopic (exact) mass is 359 g/mol. The minimum Gasteiger partial charge on any atom is -0.383 e. The van der Waals surface area contributed by atoms with Gasteiger partial charge in [-0.2, -0.15) is 0 Å². The largest absolute Gasteiger partial charge is 0.383 e. The molecule has 1 atom stereocenters. The summed E-state index contributed by atoms with van der Waals surface area (Å²) in [5.41, 5.74) is 0.0148. The van der Waals surface area contributed by atoms with Crippen LogP contribution in [0.3, 0.4) is 0 Å². The topological polar surface area (TPSA) is 89.3 Å². The van der Waals surface area contributed by atoms with Crippen LogP contribution in [0.5, 0.6) is 0 Å². The Bertz CT molecular complexity index is 734. The molecular formula is C17H25N7O2. The summed E-state index contributed by atoms with van der Waals surface area (Å²) in [4.78, 5) is 21.1. The molecule has 1 aliphatic rings. The molecule has 0 spiro atoms. The van der Waals surface area contributed by atoms with Crippen molar-refractivity contribution < 1.29 is 9.53 Å². The van der Waals surface area contributed by atoms with Crippen LogP contribution in [0.1, 0.15) is 29.2 Å². The zero-order valence-electron chi connectivity index (χ0n) is 15.5. The molecule has 0 N–H and O–H groups in total. The van der Waals surface area contributed by atoms with Crippen molar-refractivity contribution in [3.63, 3.8) is 0 Å². The van der Waals surface area contributed by atoms with Gasteiger partial charge in [0.05, 0.1) is 13.2 Å². The molecule has 0 bridgehead atoms. The third kappa shape index (κ3) is 3.45. The van der Waals surface area contributed by atoms with Crippen molar-refractivity contribution in [3.8, 4) is 0 Å². The van der Waals surface area contributed by atoms with Crippen LogP contribution in [0, 0.1) is 0 Å². The number of piperidine rings is 1. The molecule has 1 aliphatic heterocycles. The first kappa shape index (κ1) is 18.4. The number of carbonyl (C=O) groups excluding carboxylic acids is 1. The molecule has 1 fully saturated rings. The van der Waals surface area contributed by atoms with Crippen LogP contribution < -0.4 is 0 Å². The highest BCUT2D eigenvalue weighted by molar-refractivity contribution is 5.92. The second-order valence-electron chi connectivity index (χ2n) is 6.69. The predicted octanol–water partition coefficient (Wildman–Crippen LogP) is 0.408. The van der Waals surface area contributed by atoms with Crippen LogP contribution in [0.4, 0.5) is 0 Å².